The molecule has 5 nitrogen and oxygen atoms in total. The van der Waals surface area contributed by atoms with E-state index >= 15 is 0 Å². The van der Waals surface area contributed by atoms with Gasteiger partial charge in [-0.05, 0) is 36.8 Å². The van der Waals surface area contributed by atoms with Crippen LogP contribution in [0.1, 0.15) is 38.4 Å². The maximum atomic E-state index is 13.5. The minimum atomic E-state index is -0.308. The molecule has 0 atom stereocenters. The van der Waals surface area contributed by atoms with Crippen LogP contribution in [0.25, 0.3) is 0 Å². The van der Waals surface area contributed by atoms with E-state index in [-0.39, 0.29) is 5.82 Å². The highest BCUT2D eigenvalue weighted by atomic mass is 19.1. The molecule has 0 aliphatic heterocycles. The standard InChI is InChI=1S/C17H22FN3O2/c1-11(2)7-16-20-17(23-21-16)9-19-14-8-13(18)5-6-15(14)22-10-12-3-4-12/h5-6,8,11-12,19H,3-4,7,9-10H2,1-2H3. The van der Waals surface area contributed by atoms with Crippen molar-refractivity contribution in [3.8, 4) is 5.75 Å². The number of nitrogens with one attached hydrogen (secondary N) is 1. The lowest BCUT2D eigenvalue weighted by atomic mass is 10.1. The van der Waals surface area contributed by atoms with Gasteiger partial charge in [-0.25, -0.2) is 4.39 Å². The van der Waals surface area contributed by atoms with Crippen LogP contribution in [0.2, 0.25) is 0 Å². The zero-order valence-electron chi connectivity index (χ0n) is 13.5. The van der Waals surface area contributed by atoms with Crippen LogP contribution in [0.15, 0.2) is 22.7 Å². The molecular formula is C17H22FN3O2. The van der Waals surface area contributed by atoms with Crippen LogP contribution >= 0.6 is 0 Å². The zero-order chi connectivity index (χ0) is 16.2. The number of hydrogen-bond donors (Lipinski definition) is 1. The number of anilines is 1. The quantitative estimate of drug-likeness (QED) is 0.802. The molecule has 1 fully saturated rings. The fourth-order valence-electron chi connectivity index (χ4n) is 2.24. The molecule has 1 aliphatic carbocycles. The second-order valence-electron chi connectivity index (χ2n) is 6.45. The highest BCUT2D eigenvalue weighted by Gasteiger charge is 2.22. The van der Waals surface area contributed by atoms with Crippen molar-refractivity contribution in [2.24, 2.45) is 11.8 Å². The summed E-state index contributed by atoms with van der Waals surface area (Å²) in [6, 6.07) is 4.48. The Morgan fingerprint density at radius 2 is 2.22 bits per heavy atom. The van der Waals surface area contributed by atoms with Crippen molar-refractivity contribution in [2.75, 3.05) is 11.9 Å². The monoisotopic (exact) mass is 319 g/mol. The molecule has 0 unspecified atom stereocenters. The van der Waals surface area contributed by atoms with E-state index < -0.39 is 0 Å². The van der Waals surface area contributed by atoms with Crippen molar-refractivity contribution < 1.29 is 13.7 Å². The lowest BCUT2D eigenvalue weighted by molar-refractivity contribution is 0.300. The largest absolute Gasteiger partial charge is 0.491 e. The molecule has 1 N–H and O–H groups in total. The van der Waals surface area contributed by atoms with Gasteiger partial charge >= 0.3 is 0 Å². The number of ether oxygens (including phenoxy) is 1. The van der Waals surface area contributed by atoms with Gasteiger partial charge in [-0.2, -0.15) is 4.98 Å². The zero-order valence-corrected chi connectivity index (χ0v) is 13.5. The fourth-order valence-corrected chi connectivity index (χ4v) is 2.24. The highest BCUT2D eigenvalue weighted by Crippen LogP contribution is 2.32. The summed E-state index contributed by atoms with van der Waals surface area (Å²) in [5.74, 6) is 2.64. The molecule has 0 amide bonds. The summed E-state index contributed by atoms with van der Waals surface area (Å²) in [7, 11) is 0. The Hall–Kier alpha value is -2.11. The normalized spacial score (nSPS) is 14.3. The topological polar surface area (TPSA) is 60.2 Å². The average molecular weight is 319 g/mol. The first-order chi connectivity index (χ1) is 11.1. The summed E-state index contributed by atoms with van der Waals surface area (Å²) in [5, 5.41) is 7.06. The van der Waals surface area contributed by atoms with Gasteiger partial charge in [0.15, 0.2) is 5.82 Å². The predicted octanol–water partition coefficient (Wildman–Crippen LogP) is 3.81. The van der Waals surface area contributed by atoms with Gasteiger partial charge in [-0.15, -0.1) is 0 Å². The van der Waals surface area contributed by atoms with E-state index in [0.29, 0.717) is 48.1 Å². The Morgan fingerprint density at radius 3 is 2.96 bits per heavy atom. The minimum Gasteiger partial charge on any atom is -0.491 e. The SMILES string of the molecule is CC(C)Cc1noc(CNc2cc(F)ccc2OCC2CC2)n1. The van der Waals surface area contributed by atoms with Crippen molar-refractivity contribution in [1.82, 2.24) is 10.1 Å². The molecule has 23 heavy (non-hydrogen) atoms. The number of rotatable bonds is 8. The molecule has 1 aliphatic rings. The summed E-state index contributed by atoms with van der Waals surface area (Å²) in [4.78, 5) is 4.33. The summed E-state index contributed by atoms with van der Waals surface area (Å²) in [5.41, 5.74) is 0.606. The van der Waals surface area contributed by atoms with Crippen LogP contribution in [-0.4, -0.2) is 16.7 Å². The van der Waals surface area contributed by atoms with Gasteiger partial charge in [0.05, 0.1) is 18.8 Å². The number of hydrogen-bond acceptors (Lipinski definition) is 5. The van der Waals surface area contributed by atoms with Crippen LogP contribution in [0.3, 0.4) is 0 Å². The van der Waals surface area contributed by atoms with Gasteiger partial charge in [0.25, 0.3) is 0 Å². The van der Waals surface area contributed by atoms with E-state index in [1.54, 1.807) is 6.07 Å². The van der Waals surface area contributed by atoms with Crippen molar-refractivity contribution in [2.45, 2.75) is 39.7 Å². The number of nitrogens with zero attached hydrogens (tertiary/aromatic N) is 2. The molecule has 3 rings (SSSR count). The Kier molecular flexibility index (Phi) is 4.79. The van der Waals surface area contributed by atoms with Crippen LogP contribution in [0.5, 0.6) is 5.75 Å². The molecule has 0 radical (unpaired) electrons. The van der Waals surface area contributed by atoms with Crippen molar-refractivity contribution in [3.63, 3.8) is 0 Å². The van der Waals surface area contributed by atoms with Crippen LogP contribution in [0.4, 0.5) is 10.1 Å². The third-order valence-electron chi connectivity index (χ3n) is 3.64. The van der Waals surface area contributed by atoms with E-state index in [4.69, 9.17) is 9.26 Å². The maximum absolute atomic E-state index is 13.5. The second kappa shape index (κ2) is 6.98. The third kappa shape index (κ3) is 4.68. The molecule has 6 heteroatoms. The average Bonchev–Trinajstić information content (AvgIpc) is 3.23. The summed E-state index contributed by atoms with van der Waals surface area (Å²) in [6.07, 6.45) is 3.20. The van der Waals surface area contributed by atoms with Crippen LogP contribution in [0, 0.1) is 17.7 Å². The first-order valence-corrected chi connectivity index (χ1v) is 8.08. The lowest BCUT2D eigenvalue weighted by Gasteiger charge is -2.12. The number of halogens is 1. The maximum Gasteiger partial charge on any atom is 0.245 e. The summed E-state index contributed by atoms with van der Waals surface area (Å²) >= 11 is 0. The molecule has 0 saturated heterocycles. The van der Waals surface area contributed by atoms with Crippen LogP contribution in [-0.2, 0) is 13.0 Å². The van der Waals surface area contributed by atoms with E-state index in [1.807, 2.05) is 0 Å². The van der Waals surface area contributed by atoms with E-state index in [1.165, 1.54) is 25.0 Å². The Morgan fingerprint density at radius 1 is 1.39 bits per heavy atom. The second-order valence-corrected chi connectivity index (χ2v) is 6.45. The molecule has 1 aromatic carbocycles. The molecule has 1 aromatic heterocycles. The Balaban J connectivity index is 1.61. The Bertz CT molecular complexity index is 653. The molecule has 2 aromatic rings. The predicted molar refractivity (Wildman–Crippen MR) is 84.8 cm³/mol. The van der Waals surface area contributed by atoms with Gasteiger partial charge < -0.3 is 14.6 Å². The van der Waals surface area contributed by atoms with Crippen LogP contribution < -0.4 is 10.1 Å². The fraction of sp³-hybridized carbons (Fsp3) is 0.529. The smallest absolute Gasteiger partial charge is 0.245 e. The minimum absolute atomic E-state index is 0.308. The van der Waals surface area contributed by atoms with Gasteiger partial charge in [0.2, 0.25) is 5.89 Å². The highest BCUT2D eigenvalue weighted by molar-refractivity contribution is 5.56. The van der Waals surface area contributed by atoms with Gasteiger partial charge in [-0.3, -0.25) is 0 Å². The lowest BCUT2D eigenvalue weighted by Crippen LogP contribution is -2.05. The summed E-state index contributed by atoms with van der Waals surface area (Å²) < 4.78 is 24.5. The van der Waals surface area contributed by atoms with Gasteiger partial charge in [-0.1, -0.05) is 19.0 Å². The first kappa shape index (κ1) is 15.8. The van der Waals surface area contributed by atoms with E-state index in [0.717, 1.165) is 6.42 Å². The molecule has 0 bridgehead atoms. The first-order valence-electron chi connectivity index (χ1n) is 8.08. The Labute approximate surface area is 135 Å². The third-order valence-corrected chi connectivity index (χ3v) is 3.64. The van der Waals surface area contributed by atoms with E-state index in [9.17, 15) is 4.39 Å². The number of aromatic nitrogens is 2. The van der Waals surface area contributed by atoms with Gasteiger partial charge in [0.1, 0.15) is 11.6 Å². The number of benzene rings is 1. The molecule has 0 spiro atoms. The molecule has 1 saturated carbocycles. The van der Waals surface area contributed by atoms with Crippen molar-refractivity contribution >= 4 is 5.69 Å². The summed E-state index contributed by atoms with van der Waals surface area (Å²) in [6.45, 7) is 5.22. The van der Waals surface area contributed by atoms with Crippen molar-refractivity contribution in [3.05, 3.63) is 35.7 Å². The molecule has 124 valence electrons. The van der Waals surface area contributed by atoms with E-state index in [2.05, 4.69) is 29.3 Å². The molecule has 1 heterocycles. The van der Waals surface area contributed by atoms with Crippen molar-refractivity contribution in [1.29, 1.82) is 0 Å². The van der Waals surface area contributed by atoms with Gasteiger partial charge in [0, 0.05) is 12.5 Å². The molecular weight excluding hydrogens is 297 g/mol.